The van der Waals surface area contributed by atoms with Crippen LogP contribution < -0.4 is 9.47 Å². The third-order valence-corrected chi connectivity index (χ3v) is 2.21. The maximum Gasteiger partial charge on any atom is 0.303 e. The van der Waals surface area contributed by atoms with Crippen LogP contribution in [0.15, 0.2) is 12.1 Å². The Hall–Kier alpha value is -1.91. The average Bonchev–Trinajstić information content (AvgIpc) is 2.26. The SMILES string of the molecule is COc1ccc(CCC(=O)O)c(O)c1OC. The Morgan fingerprint density at radius 2 is 2.00 bits per heavy atom. The van der Waals surface area contributed by atoms with E-state index < -0.39 is 5.97 Å². The third kappa shape index (κ3) is 2.56. The van der Waals surface area contributed by atoms with Crippen molar-refractivity contribution in [3.8, 4) is 17.2 Å². The summed E-state index contributed by atoms with van der Waals surface area (Å²) in [4.78, 5) is 10.4. The molecule has 5 heteroatoms. The van der Waals surface area contributed by atoms with Gasteiger partial charge in [0.15, 0.2) is 11.5 Å². The fraction of sp³-hybridized carbons (Fsp3) is 0.364. The lowest BCUT2D eigenvalue weighted by Crippen LogP contribution is -1.99. The zero-order valence-electron chi connectivity index (χ0n) is 9.19. The summed E-state index contributed by atoms with van der Waals surface area (Å²) in [6.07, 6.45) is 0.213. The van der Waals surface area contributed by atoms with Crippen LogP contribution in [-0.2, 0) is 11.2 Å². The van der Waals surface area contributed by atoms with Crippen LogP contribution in [0.4, 0.5) is 0 Å². The van der Waals surface area contributed by atoms with Crippen molar-refractivity contribution in [3.05, 3.63) is 17.7 Å². The lowest BCUT2D eigenvalue weighted by atomic mass is 10.1. The number of aliphatic carboxylic acids is 1. The number of methoxy groups -OCH3 is 2. The van der Waals surface area contributed by atoms with Crippen LogP contribution in [0.5, 0.6) is 17.2 Å². The summed E-state index contributed by atoms with van der Waals surface area (Å²) in [5.74, 6) is -0.332. The van der Waals surface area contributed by atoms with Gasteiger partial charge in [-0.1, -0.05) is 6.07 Å². The van der Waals surface area contributed by atoms with Gasteiger partial charge in [0.1, 0.15) is 0 Å². The standard InChI is InChI=1S/C11H14O5/c1-15-8-5-3-7(4-6-9(12)13)10(14)11(8)16-2/h3,5,14H,4,6H2,1-2H3,(H,12,13). The second-order valence-electron chi connectivity index (χ2n) is 3.20. The molecule has 5 nitrogen and oxygen atoms in total. The van der Waals surface area contributed by atoms with E-state index in [9.17, 15) is 9.90 Å². The predicted octanol–water partition coefficient (Wildman–Crippen LogP) is 1.43. The molecule has 1 aromatic carbocycles. The number of phenols is 1. The molecule has 0 saturated heterocycles. The first-order valence-electron chi connectivity index (χ1n) is 4.74. The van der Waals surface area contributed by atoms with Gasteiger partial charge in [-0.25, -0.2) is 0 Å². The number of carbonyl (C=O) groups is 1. The molecule has 0 aliphatic heterocycles. The molecule has 0 radical (unpaired) electrons. The van der Waals surface area contributed by atoms with Crippen LogP contribution in [0.25, 0.3) is 0 Å². The number of ether oxygens (including phenoxy) is 2. The first-order valence-corrected chi connectivity index (χ1v) is 4.74. The highest BCUT2D eigenvalue weighted by atomic mass is 16.5. The Labute approximate surface area is 93.2 Å². The zero-order chi connectivity index (χ0) is 12.1. The Kier molecular flexibility index (Phi) is 3.99. The quantitative estimate of drug-likeness (QED) is 0.794. The van der Waals surface area contributed by atoms with E-state index >= 15 is 0 Å². The smallest absolute Gasteiger partial charge is 0.303 e. The topological polar surface area (TPSA) is 76.0 Å². The van der Waals surface area contributed by atoms with Gasteiger partial charge < -0.3 is 19.7 Å². The van der Waals surface area contributed by atoms with Crippen molar-refractivity contribution in [2.24, 2.45) is 0 Å². The Morgan fingerprint density at radius 1 is 1.31 bits per heavy atom. The molecule has 0 spiro atoms. The molecule has 88 valence electrons. The second-order valence-corrected chi connectivity index (χ2v) is 3.20. The summed E-state index contributed by atoms with van der Waals surface area (Å²) >= 11 is 0. The van der Waals surface area contributed by atoms with E-state index in [0.717, 1.165) is 0 Å². The van der Waals surface area contributed by atoms with E-state index in [1.807, 2.05) is 0 Å². The number of phenolic OH excluding ortho intramolecular Hbond substituents is 1. The minimum Gasteiger partial charge on any atom is -0.504 e. The number of carboxylic acid groups (broad SMARTS) is 1. The minimum atomic E-state index is -0.908. The van der Waals surface area contributed by atoms with Crippen molar-refractivity contribution in [1.82, 2.24) is 0 Å². The molecule has 0 unspecified atom stereocenters. The van der Waals surface area contributed by atoms with Gasteiger partial charge in [-0.05, 0) is 18.1 Å². The molecule has 1 rings (SSSR count). The lowest BCUT2D eigenvalue weighted by molar-refractivity contribution is -0.136. The number of carboxylic acids is 1. The van der Waals surface area contributed by atoms with Crippen molar-refractivity contribution < 1.29 is 24.5 Å². The van der Waals surface area contributed by atoms with Crippen molar-refractivity contribution >= 4 is 5.97 Å². The molecule has 0 heterocycles. The molecule has 0 amide bonds. The fourth-order valence-corrected chi connectivity index (χ4v) is 1.39. The second kappa shape index (κ2) is 5.25. The molecule has 0 fully saturated rings. The van der Waals surface area contributed by atoms with Crippen LogP contribution >= 0.6 is 0 Å². The van der Waals surface area contributed by atoms with Gasteiger partial charge in [0.05, 0.1) is 14.2 Å². The van der Waals surface area contributed by atoms with Gasteiger partial charge in [-0.3, -0.25) is 4.79 Å². The number of hydrogen-bond acceptors (Lipinski definition) is 4. The van der Waals surface area contributed by atoms with Crippen LogP contribution in [-0.4, -0.2) is 30.4 Å². The van der Waals surface area contributed by atoms with E-state index in [1.54, 1.807) is 12.1 Å². The predicted molar refractivity (Wildman–Crippen MR) is 57.2 cm³/mol. The summed E-state index contributed by atoms with van der Waals surface area (Å²) in [6.45, 7) is 0. The zero-order valence-corrected chi connectivity index (χ0v) is 9.19. The average molecular weight is 226 g/mol. The summed E-state index contributed by atoms with van der Waals surface area (Å²) < 4.78 is 9.99. The lowest BCUT2D eigenvalue weighted by Gasteiger charge is -2.12. The van der Waals surface area contributed by atoms with Crippen molar-refractivity contribution in [3.63, 3.8) is 0 Å². The van der Waals surface area contributed by atoms with Crippen LogP contribution in [0, 0.1) is 0 Å². The van der Waals surface area contributed by atoms with Gasteiger partial charge in [-0.2, -0.15) is 0 Å². The highest BCUT2D eigenvalue weighted by molar-refractivity contribution is 5.67. The van der Waals surface area contributed by atoms with E-state index in [-0.39, 0.29) is 24.3 Å². The molecule has 0 saturated carbocycles. The third-order valence-electron chi connectivity index (χ3n) is 2.21. The highest BCUT2D eigenvalue weighted by Gasteiger charge is 2.14. The first kappa shape index (κ1) is 12.2. The molecule has 0 atom stereocenters. The number of hydrogen-bond donors (Lipinski definition) is 2. The largest absolute Gasteiger partial charge is 0.504 e. The van der Waals surface area contributed by atoms with Crippen molar-refractivity contribution in [1.29, 1.82) is 0 Å². The number of benzene rings is 1. The first-order chi connectivity index (χ1) is 7.60. The van der Waals surface area contributed by atoms with E-state index in [2.05, 4.69) is 0 Å². The van der Waals surface area contributed by atoms with Gasteiger partial charge in [0, 0.05) is 6.42 Å². The van der Waals surface area contributed by atoms with E-state index in [1.165, 1.54) is 14.2 Å². The van der Waals surface area contributed by atoms with Crippen molar-refractivity contribution in [2.45, 2.75) is 12.8 Å². The van der Waals surface area contributed by atoms with Gasteiger partial charge in [0.25, 0.3) is 0 Å². The molecule has 0 aliphatic rings. The maximum atomic E-state index is 10.4. The molecule has 16 heavy (non-hydrogen) atoms. The molecule has 0 aromatic heterocycles. The number of rotatable bonds is 5. The Bertz CT molecular complexity index is 386. The Balaban J connectivity index is 2.99. The fourth-order valence-electron chi connectivity index (χ4n) is 1.39. The van der Waals surface area contributed by atoms with Gasteiger partial charge in [0.2, 0.25) is 5.75 Å². The molecule has 0 aliphatic carbocycles. The van der Waals surface area contributed by atoms with Crippen molar-refractivity contribution in [2.75, 3.05) is 14.2 Å². The van der Waals surface area contributed by atoms with Crippen LogP contribution in [0.3, 0.4) is 0 Å². The molecule has 1 aromatic rings. The maximum absolute atomic E-state index is 10.4. The Morgan fingerprint density at radius 3 is 2.50 bits per heavy atom. The molecular formula is C11H14O5. The molecule has 2 N–H and O–H groups in total. The summed E-state index contributed by atoms with van der Waals surface area (Å²) in [6, 6.07) is 3.26. The summed E-state index contributed by atoms with van der Waals surface area (Å²) in [5, 5.41) is 18.4. The minimum absolute atomic E-state index is 0.0386. The monoisotopic (exact) mass is 226 g/mol. The van der Waals surface area contributed by atoms with Gasteiger partial charge >= 0.3 is 5.97 Å². The summed E-state index contributed by atoms with van der Waals surface area (Å²) in [7, 11) is 2.88. The molecule has 0 bridgehead atoms. The number of aromatic hydroxyl groups is 1. The summed E-state index contributed by atoms with van der Waals surface area (Å²) in [5.41, 5.74) is 0.528. The van der Waals surface area contributed by atoms with Crippen LogP contribution in [0.2, 0.25) is 0 Å². The number of aryl methyl sites for hydroxylation is 1. The van der Waals surface area contributed by atoms with E-state index in [0.29, 0.717) is 11.3 Å². The molecular weight excluding hydrogens is 212 g/mol. The van der Waals surface area contributed by atoms with E-state index in [4.69, 9.17) is 14.6 Å². The van der Waals surface area contributed by atoms with Crippen LogP contribution in [0.1, 0.15) is 12.0 Å². The normalized spacial score (nSPS) is 9.88. The van der Waals surface area contributed by atoms with Gasteiger partial charge in [-0.15, -0.1) is 0 Å². The highest BCUT2D eigenvalue weighted by Crippen LogP contribution is 2.39.